The van der Waals surface area contributed by atoms with Crippen molar-refractivity contribution in [2.24, 2.45) is 5.92 Å². The number of likely N-dealkylation sites (tertiary alicyclic amines) is 1. The molecule has 1 saturated heterocycles. The number of hydrogen-bond donors (Lipinski definition) is 3. The van der Waals surface area contributed by atoms with E-state index in [1.807, 2.05) is 5.38 Å². The lowest BCUT2D eigenvalue weighted by Gasteiger charge is -2.32. The smallest absolute Gasteiger partial charge is 0.323 e. The molecule has 3 N–H and O–H groups in total. The maximum Gasteiger partial charge on any atom is 0.323 e. The van der Waals surface area contributed by atoms with E-state index in [-0.39, 0.29) is 23.8 Å². The second kappa shape index (κ2) is 8.08. The number of carbonyl (C=O) groups excluding carboxylic acids is 2. The first-order chi connectivity index (χ1) is 13.2. The highest BCUT2D eigenvalue weighted by Crippen LogP contribution is 2.32. The van der Waals surface area contributed by atoms with Gasteiger partial charge in [0.15, 0.2) is 5.13 Å². The number of H-pyrrole nitrogens is 1. The summed E-state index contributed by atoms with van der Waals surface area (Å²) in [4.78, 5) is 30.9. The second-order valence-electron chi connectivity index (χ2n) is 7.22. The molecule has 1 saturated carbocycles. The predicted octanol–water partition coefficient (Wildman–Crippen LogP) is 3.41. The fourth-order valence-corrected chi connectivity index (χ4v) is 4.50. The minimum atomic E-state index is -0.134. The highest BCUT2D eigenvalue weighted by molar-refractivity contribution is 7.13. The Hall–Kier alpha value is -2.42. The molecule has 0 radical (unpaired) electrons. The number of aromatic nitrogens is 3. The van der Waals surface area contributed by atoms with Crippen LogP contribution in [0.4, 0.5) is 15.6 Å². The summed E-state index contributed by atoms with van der Waals surface area (Å²) < 4.78 is 0. The Morgan fingerprint density at radius 3 is 2.81 bits per heavy atom. The van der Waals surface area contributed by atoms with Crippen LogP contribution in [0.15, 0.2) is 17.8 Å². The van der Waals surface area contributed by atoms with Crippen LogP contribution in [-0.2, 0) is 4.79 Å². The summed E-state index contributed by atoms with van der Waals surface area (Å²) in [7, 11) is 0. The monoisotopic (exact) mass is 388 g/mol. The standard InChI is InChI=1S/C18H24N6O2S/c25-16(12-4-1-2-5-12)21-14-10-20-23-15(14)13-6-3-8-24(11-13)18(26)22-17-19-7-9-27-17/h7,9-10,12-13H,1-6,8,11H2,(H,20,23)(H,21,25)(H,19,22,26). The normalized spacial score (nSPS) is 20.6. The molecule has 9 heteroatoms. The van der Waals surface area contributed by atoms with Gasteiger partial charge in [-0.15, -0.1) is 11.3 Å². The molecule has 3 amide bonds. The van der Waals surface area contributed by atoms with Crippen LogP contribution in [0.3, 0.4) is 0 Å². The van der Waals surface area contributed by atoms with Crippen LogP contribution in [0.1, 0.15) is 50.1 Å². The van der Waals surface area contributed by atoms with Crippen LogP contribution in [0.25, 0.3) is 0 Å². The average Bonchev–Trinajstić information content (AvgIpc) is 3.44. The quantitative estimate of drug-likeness (QED) is 0.747. The van der Waals surface area contributed by atoms with Crippen LogP contribution >= 0.6 is 11.3 Å². The summed E-state index contributed by atoms with van der Waals surface area (Å²) in [6.07, 6.45) is 9.39. The van der Waals surface area contributed by atoms with Gasteiger partial charge in [0, 0.05) is 36.5 Å². The molecule has 2 aromatic rings. The molecule has 144 valence electrons. The first-order valence-electron chi connectivity index (χ1n) is 9.50. The van der Waals surface area contributed by atoms with Crippen LogP contribution < -0.4 is 10.6 Å². The largest absolute Gasteiger partial charge is 0.324 e. The number of carbonyl (C=O) groups is 2. The van der Waals surface area contributed by atoms with E-state index >= 15 is 0 Å². The van der Waals surface area contributed by atoms with Gasteiger partial charge in [-0.25, -0.2) is 9.78 Å². The fourth-order valence-electron chi connectivity index (χ4n) is 3.98. The van der Waals surface area contributed by atoms with Gasteiger partial charge >= 0.3 is 6.03 Å². The molecular weight excluding hydrogens is 364 g/mol. The number of urea groups is 1. The molecule has 0 spiro atoms. The molecule has 27 heavy (non-hydrogen) atoms. The number of amides is 3. The molecule has 8 nitrogen and oxygen atoms in total. The predicted molar refractivity (Wildman–Crippen MR) is 104 cm³/mol. The Labute approximate surface area is 161 Å². The molecule has 2 aromatic heterocycles. The Kier molecular flexibility index (Phi) is 5.38. The zero-order chi connectivity index (χ0) is 18.6. The molecule has 0 bridgehead atoms. The number of hydrogen-bond acceptors (Lipinski definition) is 5. The summed E-state index contributed by atoms with van der Waals surface area (Å²) in [6, 6.07) is -0.134. The van der Waals surface area contributed by atoms with E-state index in [1.165, 1.54) is 11.3 Å². The summed E-state index contributed by atoms with van der Waals surface area (Å²) in [6.45, 7) is 1.30. The summed E-state index contributed by atoms with van der Waals surface area (Å²) in [5.74, 6) is 0.325. The van der Waals surface area contributed by atoms with Gasteiger partial charge in [0.25, 0.3) is 0 Å². The second-order valence-corrected chi connectivity index (χ2v) is 8.12. The third-order valence-electron chi connectivity index (χ3n) is 5.42. The van der Waals surface area contributed by atoms with E-state index in [2.05, 4.69) is 25.8 Å². The molecule has 3 heterocycles. The first-order valence-corrected chi connectivity index (χ1v) is 10.4. The number of anilines is 2. The zero-order valence-corrected chi connectivity index (χ0v) is 15.9. The van der Waals surface area contributed by atoms with Crippen LogP contribution in [0.2, 0.25) is 0 Å². The number of rotatable bonds is 4. The highest BCUT2D eigenvalue weighted by atomic mass is 32.1. The van der Waals surface area contributed by atoms with Crippen molar-refractivity contribution in [2.75, 3.05) is 23.7 Å². The fraction of sp³-hybridized carbons (Fsp3) is 0.556. The van der Waals surface area contributed by atoms with E-state index in [0.717, 1.165) is 49.9 Å². The van der Waals surface area contributed by atoms with Gasteiger partial charge in [-0.3, -0.25) is 15.2 Å². The molecule has 2 fully saturated rings. The first kappa shape index (κ1) is 18.0. The third-order valence-corrected chi connectivity index (χ3v) is 6.10. The number of aromatic amines is 1. The van der Waals surface area contributed by atoms with Gasteiger partial charge < -0.3 is 10.2 Å². The number of nitrogens with one attached hydrogen (secondary N) is 3. The number of nitrogens with zero attached hydrogens (tertiary/aromatic N) is 3. The molecular formula is C18H24N6O2S. The van der Waals surface area contributed by atoms with Gasteiger partial charge in [-0.05, 0) is 25.7 Å². The molecule has 4 rings (SSSR count). The van der Waals surface area contributed by atoms with Gasteiger partial charge in [-0.1, -0.05) is 12.8 Å². The summed E-state index contributed by atoms with van der Waals surface area (Å²) in [5, 5.41) is 15.5. The van der Waals surface area contributed by atoms with E-state index < -0.39 is 0 Å². The Balaban J connectivity index is 1.40. The van der Waals surface area contributed by atoms with E-state index in [9.17, 15) is 9.59 Å². The Morgan fingerprint density at radius 2 is 2.04 bits per heavy atom. The van der Waals surface area contributed by atoms with Crippen LogP contribution in [0, 0.1) is 5.92 Å². The van der Waals surface area contributed by atoms with Crippen molar-refractivity contribution in [2.45, 2.75) is 44.4 Å². The summed E-state index contributed by atoms with van der Waals surface area (Å²) in [5.41, 5.74) is 1.66. The highest BCUT2D eigenvalue weighted by Gasteiger charge is 2.29. The van der Waals surface area contributed by atoms with Crippen LogP contribution in [0.5, 0.6) is 0 Å². The molecule has 1 unspecified atom stereocenters. The zero-order valence-electron chi connectivity index (χ0n) is 15.1. The molecule has 2 aliphatic rings. The van der Waals surface area contributed by atoms with Crippen LogP contribution in [-0.4, -0.2) is 45.1 Å². The Morgan fingerprint density at radius 1 is 1.19 bits per heavy atom. The van der Waals surface area contributed by atoms with Crippen molar-refractivity contribution in [3.8, 4) is 0 Å². The van der Waals surface area contributed by atoms with Crippen molar-refractivity contribution < 1.29 is 9.59 Å². The molecule has 1 aliphatic heterocycles. The molecule has 1 aliphatic carbocycles. The SMILES string of the molecule is O=C(Nc1cn[nH]c1C1CCCN(C(=O)Nc2nccs2)C1)C1CCCC1. The molecule has 0 aromatic carbocycles. The van der Waals surface area contributed by atoms with Gasteiger partial charge in [-0.2, -0.15) is 5.10 Å². The number of piperidine rings is 1. The summed E-state index contributed by atoms with van der Waals surface area (Å²) >= 11 is 1.40. The maximum absolute atomic E-state index is 12.5. The van der Waals surface area contributed by atoms with E-state index in [1.54, 1.807) is 17.3 Å². The van der Waals surface area contributed by atoms with Crippen molar-refractivity contribution in [1.82, 2.24) is 20.1 Å². The van der Waals surface area contributed by atoms with E-state index in [0.29, 0.717) is 18.2 Å². The lowest BCUT2D eigenvalue weighted by Crippen LogP contribution is -2.41. The topological polar surface area (TPSA) is 103 Å². The lowest BCUT2D eigenvalue weighted by atomic mass is 9.94. The minimum Gasteiger partial charge on any atom is -0.324 e. The van der Waals surface area contributed by atoms with Crippen molar-refractivity contribution in [3.05, 3.63) is 23.5 Å². The third kappa shape index (κ3) is 4.13. The maximum atomic E-state index is 12.5. The van der Waals surface area contributed by atoms with Gasteiger partial charge in [0.05, 0.1) is 17.6 Å². The number of thiazole rings is 1. The van der Waals surface area contributed by atoms with Gasteiger partial charge in [0.1, 0.15) is 0 Å². The van der Waals surface area contributed by atoms with Crippen molar-refractivity contribution >= 4 is 34.1 Å². The van der Waals surface area contributed by atoms with Crippen molar-refractivity contribution in [1.29, 1.82) is 0 Å². The van der Waals surface area contributed by atoms with E-state index in [4.69, 9.17) is 0 Å². The van der Waals surface area contributed by atoms with Gasteiger partial charge in [0.2, 0.25) is 5.91 Å². The van der Waals surface area contributed by atoms with Crippen molar-refractivity contribution in [3.63, 3.8) is 0 Å². The average molecular weight is 388 g/mol. The minimum absolute atomic E-state index is 0.0873. The molecule has 1 atom stereocenters. The Bertz CT molecular complexity index is 784. The lowest BCUT2D eigenvalue weighted by molar-refractivity contribution is -0.119.